The van der Waals surface area contributed by atoms with E-state index in [0.717, 1.165) is 0 Å². The van der Waals surface area contributed by atoms with E-state index in [9.17, 15) is 9.59 Å². The molecule has 92 valence electrons. The van der Waals surface area contributed by atoms with Crippen molar-refractivity contribution in [3.63, 3.8) is 0 Å². The molecule has 1 aromatic rings. The van der Waals surface area contributed by atoms with Gasteiger partial charge in [-0.2, -0.15) is 0 Å². The van der Waals surface area contributed by atoms with Gasteiger partial charge in [-0.25, -0.2) is 4.79 Å². The Morgan fingerprint density at radius 2 is 1.88 bits per heavy atom. The van der Waals surface area contributed by atoms with Gasteiger partial charge in [0.2, 0.25) is 5.91 Å². The largest absolute Gasteiger partial charge is 0.351 e. The molecule has 0 aliphatic rings. The third-order valence-electron chi connectivity index (χ3n) is 1.92. The first-order chi connectivity index (χ1) is 7.97. The van der Waals surface area contributed by atoms with Crippen molar-refractivity contribution < 1.29 is 9.59 Å². The quantitative estimate of drug-likeness (QED) is 0.622. The normalized spacial score (nSPS) is 11.6. The van der Waals surface area contributed by atoms with Crippen molar-refractivity contribution in [3.05, 3.63) is 24.3 Å². The highest BCUT2D eigenvalue weighted by Gasteiger charge is 2.06. The minimum Gasteiger partial charge on any atom is -0.351 e. The summed E-state index contributed by atoms with van der Waals surface area (Å²) in [5, 5.41) is 5.10. The molecule has 3 amide bonds. The van der Waals surface area contributed by atoms with Crippen LogP contribution in [0.15, 0.2) is 24.3 Å². The van der Waals surface area contributed by atoms with E-state index in [-0.39, 0.29) is 18.4 Å². The fraction of sp³-hybridized carbons (Fsp3) is 0.273. The second kappa shape index (κ2) is 5.86. The lowest BCUT2D eigenvalue weighted by Crippen LogP contribution is -2.24. The van der Waals surface area contributed by atoms with Gasteiger partial charge in [-0.3, -0.25) is 4.79 Å². The number of hydrogen-bond acceptors (Lipinski definition) is 3. The first kappa shape index (κ1) is 13.0. The highest BCUT2D eigenvalue weighted by molar-refractivity contribution is 5.93. The molecule has 1 aromatic carbocycles. The lowest BCUT2D eigenvalue weighted by Gasteiger charge is -2.08. The van der Waals surface area contributed by atoms with Crippen LogP contribution in [0.5, 0.6) is 0 Å². The van der Waals surface area contributed by atoms with Crippen molar-refractivity contribution >= 4 is 23.3 Å². The van der Waals surface area contributed by atoms with Gasteiger partial charge in [-0.15, -0.1) is 0 Å². The molecule has 0 aromatic heterocycles. The molecule has 0 saturated heterocycles. The Morgan fingerprint density at radius 3 is 2.41 bits per heavy atom. The van der Waals surface area contributed by atoms with Crippen molar-refractivity contribution in [2.45, 2.75) is 19.4 Å². The maximum atomic E-state index is 11.5. The maximum Gasteiger partial charge on any atom is 0.316 e. The Balaban J connectivity index is 2.65. The molecular weight excluding hydrogens is 220 g/mol. The van der Waals surface area contributed by atoms with Crippen LogP contribution < -0.4 is 22.1 Å². The molecular formula is C11H16N4O2. The van der Waals surface area contributed by atoms with E-state index in [4.69, 9.17) is 11.5 Å². The van der Waals surface area contributed by atoms with Crippen LogP contribution in [0.2, 0.25) is 0 Å². The van der Waals surface area contributed by atoms with E-state index in [1.165, 1.54) is 0 Å². The zero-order valence-corrected chi connectivity index (χ0v) is 9.57. The number of rotatable bonds is 4. The van der Waals surface area contributed by atoms with Gasteiger partial charge in [-0.1, -0.05) is 6.07 Å². The van der Waals surface area contributed by atoms with Crippen LogP contribution in [-0.4, -0.2) is 18.0 Å². The molecule has 0 heterocycles. The highest BCUT2D eigenvalue weighted by atomic mass is 16.2. The Labute approximate surface area is 99.4 Å². The van der Waals surface area contributed by atoms with E-state index >= 15 is 0 Å². The van der Waals surface area contributed by atoms with Gasteiger partial charge in [0, 0.05) is 23.8 Å². The molecule has 17 heavy (non-hydrogen) atoms. The number of anilines is 2. The van der Waals surface area contributed by atoms with Crippen LogP contribution in [0.3, 0.4) is 0 Å². The fourth-order valence-corrected chi connectivity index (χ4v) is 1.32. The maximum absolute atomic E-state index is 11.5. The number of nitrogens with two attached hydrogens (primary N) is 2. The summed E-state index contributed by atoms with van der Waals surface area (Å²) in [7, 11) is 0. The zero-order valence-electron chi connectivity index (χ0n) is 9.57. The van der Waals surface area contributed by atoms with E-state index in [1.807, 2.05) is 0 Å². The van der Waals surface area contributed by atoms with Crippen molar-refractivity contribution in [2.75, 3.05) is 10.6 Å². The second-order valence-electron chi connectivity index (χ2n) is 3.80. The summed E-state index contributed by atoms with van der Waals surface area (Å²) in [6, 6.07) is 5.86. The van der Waals surface area contributed by atoms with Gasteiger partial charge in [0.1, 0.15) is 0 Å². The summed E-state index contributed by atoms with van der Waals surface area (Å²) in [6.07, 6.45) is 0.244. The van der Waals surface area contributed by atoms with E-state index in [1.54, 1.807) is 31.2 Å². The highest BCUT2D eigenvalue weighted by Crippen LogP contribution is 2.15. The number of nitrogens with one attached hydrogen (secondary N) is 2. The lowest BCUT2D eigenvalue weighted by atomic mass is 10.2. The number of carbonyl (C=O) groups is 2. The van der Waals surface area contributed by atoms with Gasteiger partial charge < -0.3 is 22.1 Å². The summed E-state index contributed by atoms with van der Waals surface area (Å²) in [5.41, 5.74) is 11.6. The predicted octanol–water partition coefficient (Wildman–Crippen LogP) is 0.853. The molecule has 1 rings (SSSR count). The summed E-state index contributed by atoms with van der Waals surface area (Å²) in [4.78, 5) is 22.1. The molecule has 0 radical (unpaired) electrons. The van der Waals surface area contributed by atoms with Gasteiger partial charge in [0.05, 0.1) is 0 Å². The Hall–Kier alpha value is -2.08. The number of urea groups is 1. The molecule has 0 aliphatic heterocycles. The van der Waals surface area contributed by atoms with Crippen LogP contribution in [-0.2, 0) is 4.79 Å². The molecule has 0 saturated carbocycles. The summed E-state index contributed by atoms with van der Waals surface area (Å²) < 4.78 is 0. The number of amides is 3. The lowest BCUT2D eigenvalue weighted by molar-refractivity contribution is -0.116. The standard InChI is InChI=1S/C11H16N4O2/c1-7(12)5-10(16)14-8-3-2-4-9(6-8)15-11(13)17/h2-4,6-7H,5,12H2,1H3,(H,14,16)(H3,13,15,17). The monoisotopic (exact) mass is 236 g/mol. The smallest absolute Gasteiger partial charge is 0.316 e. The Bertz CT molecular complexity index is 418. The SMILES string of the molecule is CC(N)CC(=O)Nc1cccc(NC(N)=O)c1. The van der Waals surface area contributed by atoms with Crippen molar-refractivity contribution in [2.24, 2.45) is 11.5 Å². The molecule has 0 fully saturated rings. The van der Waals surface area contributed by atoms with Gasteiger partial charge in [0.15, 0.2) is 0 Å². The summed E-state index contributed by atoms with van der Waals surface area (Å²) >= 11 is 0. The van der Waals surface area contributed by atoms with E-state index in [2.05, 4.69) is 10.6 Å². The zero-order chi connectivity index (χ0) is 12.8. The van der Waals surface area contributed by atoms with Crippen molar-refractivity contribution in [3.8, 4) is 0 Å². The van der Waals surface area contributed by atoms with Crippen LogP contribution in [0, 0.1) is 0 Å². The molecule has 0 bridgehead atoms. The van der Waals surface area contributed by atoms with Crippen LogP contribution >= 0.6 is 0 Å². The molecule has 6 nitrogen and oxygen atoms in total. The van der Waals surface area contributed by atoms with Crippen LogP contribution in [0.4, 0.5) is 16.2 Å². The minimum atomic E-state index is -0.649. The van der Waals surface area contributed by atoms with Gasteiger partial charge >= 0.3 is 6.03 Å². The third kappa shape index (κ3) is 4.98. The number of hydrogen-bond donors (Lipinski definition) is 4. The number of primary amides is 1. The Morgan fingerprint density at radius 1 is 1.29 bits per heavy atom. The summed E-state index contributed by atoms with van der Waals surface area (Å²) in [6.45, 7) is 1.75. The van der Waals surface area contributed by atoms with Crippen molar-refractivity contribution in [1.29, 1.82) is 0 Å². The molecule has 1 atom stereocenters. The summed E-state index contributed by atoms with van der Waals surface area (Å²) in [5.74, 6) is -0.170. The van der Waals surface area contributed by atoms with E-state index < -0.39 is 6.03 Å². The van der Waals surface area contributed by atoms with Gasteiger partial charge in [-0.05, 0) is 25.1 Å². The molecule has 6 heteroatoms. The molecule has 1 unspecified atom stereocenters. The van der Waals surface area contributed by atoms with E-state index in [0.29, 0.717) is 11.4 Å². The predicted molar refractivity (Wildman–Crippen MR) is 66.5 cm³/mol. The minimum absolute atomic E-state index is 0.170. The van der Waals surface area contributed by atoms with Gasteiger partial charge in [0.25, 0.3) is 0 Å². The average Bonchev–Trinajstić information content (AvgIpc) is 2.14. The third-order valence-corrected chi connectivity index (χ3v) is 1.92. The molecule has 0 aliphatic carbocycles. The first-order valence-corrected chi connectivity index (χ1v) is 5.19. The average molecular weight is 236 g/mol. The van der Waals surface area contributed by atoms with Crippen LogP contribution in [0.25, 0.3) is 0 Å². The van der Waals surface area contributed by atoms with Crippen LogP contribution in [0.1, 0.15) is 13.3 Å². The fourth-order valence-electron chi connectivity index (χ4n) is 1.32. The van der Waals surface area contributed by atoms with Crippen molar-refractivity contribution in [1.82, 2.24) is 0 Å². The molecule has 6 N–H and O–H groups in total. The number of benzene rings is 1. The Kier molecular flexibility index (Phi) is 4.47. The number of carbonyl (C=O) groups excluding carboxylic acids is 2. The molecule has 0 spiro atoms. The topological polar surface area (TPSA) is 110 Å². The first-order valence-electron chi connectivity index (χ1n) is 5.19. The second-order valence-corrected chi connectivity index (χ2v) is 3.80.